The van der Waals surface area contributed by atoms with Gasteiger partial charge in [-0.3, -0.25) is 0 Å². The maximum Gasteiger partial charge on any atom is 0.227 e. The molecule has 1 aromatic heterocycles. The minimum Gasteiger partial charge on any atom is -0.356 e. The van der Waals surface area contributed by atoms with Gasteiger partial charge in [-0.25, -0.2) is 9.97 Å². The van der Waals surface area contributed by atoms with E-state index in [1.165, 1.54) is 150 Å². The maximum atomic E-state index is 4.43. The van der Waals surface area contributed by atoms with E-state index in [1.807, 2.05) is 91.3 Å². The second-order valence-corrected chi connectivity index (χ2v) is 36.2. The van der Waals surface area contributed by atoms with Crippen molar-refractivity contribution >= 4 is 45.2 Å². The summed E-state index contributed by atoms with van der Waals surface area (Å²) in [6.45, 7) is 0. The van der Waals surface area contributed by atoms with Crippen LogP contribution < -0.4 is 16.0 Å². The van der Waals surface area contributed by atoms with Crippen LogP contribution in [-0.4, -0.2) is 9.97 Å². The smallest absolute Gasteiger partial charge is 0.227 e. The molecule has 148 heavy (non-hydrogen) atoms. The van der Waals surface area contributed by atoms with Gasteiger partial charge in [0.2, 0.25) is 5.95 Å². The second-order valence-electron chi connectivity index (χ2n) is 36.2. The number of hydrogen-bond acceptors (Lipinski definition) is 5. The van der Waals surface area contributed by atoms with Crippen molar-refractivity contribution in [3.8, 4) is 122 Å². The van der Waals surface area contributed by atoms with Crippen molar-refractivity contribution < 1.29 is 0 Å². The SMILES string of the molecule is c1ccc(-c2cnc(Nc3cccc4ccccc34)nc2)cc1.c1ccc(Cc2cc(-c3ccccc3)cc(-c3ccccc3)c2)cc1.c1ccc(Cc2ccc(-c3ccc(-c4ccccc4)cc3)cc2)cc1.c1ccc(Cc2ccc(-c3cccc(-c4ccccc4)c3)cc2)cc1.c1ccc(Nc2ccc(-c3ccccc3)c(-c3ccccc3)c2)cc1.c1ccc(Nc2ccc(-c3ccccc3-c3ccccc3)cc2)cc1. The molecule has 1 heterocycles. The van der Waals surface area contributed by atoms with Crippen LogP contribution in [0.3, 0.4) is 0 Å². The van der Waals surface area contributed by atoms with Crippen molar-refractivity contribution in [3.63, 3.8) is 0 Å². The quantitative estimate of drug-likeness (QED) is 0.0596. The Morgan fingerprint density at radius 2 is 0.385 bits per heavy atom. The Bertz CT molecular complexity index is 8090. The number of benzene rings is 23. The molecule has 3 N–H and O–H groups in total. The van der Waals surface area contributed by atoms with E-state index in [9.17, 15) is 0 Å². The molecule has 0 saturated heterocycles. The Morgan fingerprint density at radius 3 is 0.804 bits per heavy atom. The zero-order valence-corrected chi connectivity index (χ0v) is 82.6. The van der Waals surface area contributed by atoms with Crippen LogP contribution in [0.4, 0.5) is 34.4 Å². The van der Waals surface area contributed by atoms with Crippen molar-refractivity contribution in [1.82, 2.24) is 9.97 Å². The average molecular weight is 1900 g/mol. The summed E-state index contributed by atoms with van der Waals surface area (Å²) in [4.78, 5) is 8.87. The van der Waals surface area contributed by atoms with Gasteiger partial charge in [0.25, 0.3) is 0 Å². The zero-order valence-electron chi connectivity index (χ0n) is 82.6. The van der Waals surface area contributed by atoms with E-state index in [2.05, 4.69) is 566 Å². The highest BCUT2D eigenvalue weighted by Gasteiger charge is 2.15. The molecule has 0 amide bonds. The van der Waals surface area contributed by atoms with Gasteiger partial charge in [0, 0.05) is 51.8 Å². The molecule has 0 atom stereocenters. The number of rotatable bonds is 23. The van der Waals surface area contributed by atoms with Crippen LogP contribution in [0.1, 0.15) is 33.4 Å². The molecule has 0 aliphatic carbocycles. The molecule has 0 saturated carbocycles. The van der Waals surface area contributed by atoms with Crippen molar-refractivity contribution in [1.29, 1.82) is 0 Å². The summed E-state index contributed by atoms with van der Waals surface area (Å²) >= 11 is 0. The third-order valence-corrected chi connectivity index (χ3v) is 25.8. The summed E-state index contributed by atoms with van der Waals surface area (Å²) in [6.07, 6.45) is 6.59. The predicted molar refractivity (Wildman–Crippen MR) is 628 cm³/mol. The predicted octanol–water partition coefficient (Wildman–Crippen LogP) is 38.4. The van der Waals surface area contributed by atoms with Gasteiger partial charge in [-0.15, -0.1) is 0 Å². The molecule has 0 aliphatic rings. The molecule has 0 fully saturated rings. The third kappa shape index (κ3) is 27.6. The molecular weight excluding hydrogens is 1790 g/mol. The standard InChI is InChI=1S/3C25H20.2C24H19N.C20H15N3/c1-4-10-20(11-5-1)16-21-17-24(22-12-6-2-7-13-22)19-25(18-21)23-14-8-3-9-15-23;1-3-8-20(9-4-1)18-21-14-16-23(17-15-21)25-13-7-12-24(19-25)22-10-5-2-6-11-22;1-3-7-20(8-4-1)19-21-11-13-23(14-12-21)25-17-15-24(16-18-25)22-9-5-2-6-10-22;1-4-10-19(11-5-1)23-17-16-22(25-21-14-8-3-9-15-21)18-24(23)20-12-6-2-7-13-20;1-3-9-19(10-4-1)23-13-7-8-14-24(23)20-15-17-22(18-16-20)25-21-11-5-2-6-12-21;1-2-7-15(8-3-1)17-13-21-20(22-14-17)23-19-12-6-10-16-9-4-5-11-18(16)19/h1-15,17-19H,16H2;1-17,19H,18H2;1-18H,19H2;2*1-18,25H;1-14H,(H,21,22,23). The van der Waals surface area contributed by atoms with E-state index < -0.39 is 0 Å². The Labute approximate surface area is 871 Å². The Morgan fingerprint density at radius 1 is 0.135 bits per heavy atom. The van der Waals surface area contributed by atoms with Gasteiger partial charge in [0.1, 0.15) is 0 Å². The lowest BCUT2D eigenvalue weighted by molar-refractivity contribution is 1.17. The number of fused-ring (bicyclic) bond motifs is 1. The lowest BCUT2D eigenvalue weighted by Gasteiger charge is -2.14. The summed E-state index contributed by atoms with van der Waals surface area (Å²) in [7, 11) is 0. The van der Waals surface area contributed by atoms with E-state index in [1.54, 1.807) is 0 Å². The minimum absolute atomic E-state index is 0.598. The van der Waals surface area contributed by atoms with E-state index in [4.69, 9.17) is 0 Å². The molecule has 24 rings (SSSR count). The van der Waals surface area contributed by atoms with Crippen molar-refractivity contribution in [2.24, 2.45) is 0 Å². The molecule has 710 valence electrons. The van der Waals surface area contributed by atoms with E-state index in [-0.39, 0.29) is 0 Å². The summed E-state index contributed by atoms with van der Waals surface area (Å²) in [6, 6.07) is 217. The third-order valence-electron chi connectivity index (χ3n) is 25.8. The van der Waals surface area contributed by atoms with Crippen LogP contribution in [0.2, 0.25) is 0 Å². The molecular formula is C143H113N5. The number of nitrogens with zero attached hydrogens (tertiary/aromatic N) is 2. The van der Waals surface area contributed by atoms with Gasteiger partial charge in [-0.05, 0) is 242 Å². The maximum absolute atomic E-state index is 4.43. The number of para-hydroxylation sites is 2. The Hall–Kier alpha value is -19.2. The Kier molecular flexibility index (Phi) is 33.6. The largest absolute Gasteiger partial charge is 0.356 e. The van der Waals surface area contributed by atoms with Crippen molar-refractivity contribution in [2.75, 3.05) is 16.0 Å². The number of aromatic nitrogens is 2. The highest BCUT2D eigenvalue weighted by atomic mass is 15.1. The average Bonchev–Trinajstić information content (AvgIpc) is 0.810. The van der Waals surface area contributed by atoms with Gasteiger partial charge in [0.05, 0.1) is 0 Å². The lowest BCUT2D eigenvalue weighted by Crippen LogP contribution is -1.97. The van der Waals surface area contributed by atoms with E-state index in [0.717, 1.165) is 64.2 Å². The van der Waals surface area contributed by atoms with Crippen molar-refractivity contribution in [2.45, 2.75) is 19.3 Å². The second kappa shape index (κ2) is 51.0. The molecule has 23 aromatic carbocycles. The van der Waals surface area contributed by atoms with Gasteiger partial charge in [0.15, 0.2) is 0 Å². The topological polar surface area (TPSA) is 61.9 Å². The lowest BCUT2D eigenvalue weighted by atomic mass is 9.93. The summed E-state index contributed by atoms with van der Waals surface area (Å²) in [5.74, 6) is 0.598. The van der Waals surface area contributed by atoms with Gasteiger partial charge < -0.3 is 16.0 Å². The number of hydrogen-bond donors (Lipinski definition) is 3. The molecule has 5 nitrogen and oxygen atoms in total. The summed E-state index contributed by atoms with van der Waals surface area (Å²) in [5, 5.41) is 12.6. The summed E-state index contributed by atoms with van der Waals surface area (Å²) < 4.78 is 0. The zero-order chi connectivity index (χ0) is 100.0. The number of nitrogens with one attached hydrogen (secondary N) is 3. The van der Waals surface area contributed by atoms with Crippen LogP contribution >= 0.6 is 0 Å². The first-order valence-corrected chi connectivity index (χ1v) is 50.5. The van der Waals surface area contributed by atoms with Crippen LogP contribution in [0.15, 0.2) is 631 Å². The fourth-order valence-electron chi connectivity index (χ4n) is 18.2. The monoisotopic (exact) mass is 1900 g/mol. The normalized spacial score (nSPS) is 10.5. The van der Waals surface area contributed by atoms with E-state index in [0.29, 0.717) is 5.95 Å². The van der Waals surface area contributed by atoms with Crippen LogP contribution in [0.5, 0.6) is 0 Å². The summed E-state index contributed by atoms with van der Waals surface area (Å²) in [5.41, 5.74) is 40.6. The van der Waals surface area contributed by atoms with Crippen LogP contribution in [0, 0.1) is 0 Å². The molecule has 5 heteroatoms. The van der Waals surface area contributed by atoms with Gasteiger partial charge >= 0.3 is 0 Å². The highest BCUT2D eigenvalue weighted by molar-refractivity contribution is 5.95. The fraction of sp³-hybridized carbons (Fsp3) is 0.0210. The van der Waals surface area contributed by atoms with Crippen molar-refractivity contribution in [3.05, 3.63) is 665 Å². The Balaban J connectivity index is 0.000000112. The minimum atomic E-state index is 0.598. The van der Waals surface area contributed by atoms with Gasteiger partial charge in [-0.1, -0.05) is 552 Å². The van der Waals surface area contributed by atoms with Crippen LogP contribution in [-0.2, 0) is 19.3 Å². The highest BCUT2D eigenvalue weighted by Crippen LogP contribution is 2.39. The van der Waals surface area contributed by atoms with Crippen LogP contribution in [0.25, 0.3) is 133 Å². The molecule has 0 unspecified atom stereocenters. The molecule has 0 bridgehead atoms. The molecule has 0 aliphatic heterocycles. The van der Waals surface area contributed by atoms with Gasteiger partial charge in [-0.2, -0.15) is 0 Å². The first-order valence-electron chi connectivity index (χ1n) is 50.5. The first-order chi connectivity index (χ1) is 73.3. The molecule has 24 aromatic rings. The molecule has 0 spiro atoms. The first kappa shape index (κ1) is 97.6. The number of anilines is 6. The fourth-order valence-corrected chi connectivity index (χ4v) is 18.2. The molecule has 0 radical (unpaired) electrons. The van der Waals surface area contributed by atoms with E-state index >= 15 is 0 Å².